The number of methoxy groups -OCH3 is 1. The maximum Gasteiger partial charge on any atom is 0.246 e. The van der Waals surface area contributed by atoms with Crippen molar-refractivity contribution in [3.8, 4) is 17.6 Å². The highest BCUT2D eigenvalue weighted by Crippen LogP contribution is 2.28. The molecule has 2 N–H and O–H groups in total. The number of nitrogens with two attached hydrogens (primary N) is 1. The number of rotatable bonds is 3. The number of morpholine rings is 1. The number of sulfonamides is 1. The van der Waals surface area contributed by atoms with Crippen LogP contribution < -0.4 is 10.5 Å². The molecule has 1 fully saturated rings. The molecule has 0 unspecified atom stereocenters. The summed E-state index contributed by atoms with van der Waals surface area (Å²) in [5.74, 6) is 5.85. The summed E-state index contributed by atoms with van der Waals surface area (Å²) in [4.78, 5) is 0.121. The largest absolute Gasteiger partial charge is 0.495 e. The molecule has 0 saturated carbocycles. The van der Waals surface area contributed by atoms with Crippen LogP contribution in [-0.4, -0.2) is 52.7 Å². The van der Waals surface area contributed by atoms with Crippen molar-refractivity contribution in [1.82, 2.24) is 4.31 Å². The lowest BCUT2D eigenvalue weighted by molar-refractivity contribution is 0.0729. The number of nitrogens with zero attached hydrogens (tertiary/aromatic N) is 1. The molecule has 1 aliphatic heterocycles. The molecule has 1 heterocycles. The molecule has 6 nitrogen and oxygen atoms in total. The van der Waals surface area contributed by atoms with Crippen LogP contribution in [0.4, 0.5) is 0 Å². The van der Waals surface area contributed by atoms with Gasteiger partial charge in [-0.15, -0.1) is 0 Å². The average molecular weight is 310 g/mol. The third-order valence-corrected chi connectivity index (χ3v) is 5.01. The molecule has 0 atom stereocenters. The van der Waals surface area contributed by atoms with Gasteiger partial charge in [-0.2, -0.15) is 4.31 Å². The van der Waals surface area contributed by atoms with Gasteiger partial charge >= 0.3 is 0 Å². The summed E-state index contributed by atoms with van der Waals surface area (Å²) < 4.78 is 37.2. The van der Waals surface area contributed by atoms with Gasteiger partial charge in [0.2, 0.25) is 10.0 Å². The molecule has 0 aliphatic carbocycles. The van der Waals surface area contributed by atoms with Crippen molar-refractivity contribution in [2.45, 2.75) is 4.90 Å². The van der Waals surface area contributed by atoms with Gasteiger partial charge in [-0.3, -0.25) is 0 Å². The van der Waals surface area contributed by atoms with Gasteiger partial charge in [-0.25, -0.2) is 8.42 Å². The zero-order chi connectivity index (χ0) is 15.3. The molecule has 1 saturated heterocycles. The maximum atomic E-state index is 12.7. The SMILES string of the molecule is COc1ccc(C#CCN)cc1S(=O)(=O)N1CCOCC1. The molecule has 0 amide bonds. The molecule has 114 valence electrons. The molecule has 2 rings (SSSR count). The van der Waals surface area contributed by atoms with Gasteiger partial charge in [0.05, 0.1) is 26.9 Å². The van der Waals surface area contributed by atoms with E-state index in [4.69, 9.17) is 15.2 Å². The zero-order valence-corrected chi connectivity index (χ0v) is 12.6. The third-order valence-electron chi connectivity index (χ3n) is 3.09. The lowest BCUT2D eigenvalue weighted by Crippen LogP contribution is -2.40. The van der Waals surface area contributed by atoms with Crippen LogP contribution in [-0.2, 0) is 14.8 Å². The summed E-state index contributed by atoms with van der Waals surface area (Å²) in [5.41, 5.74) is 5.93. The first-order valence-corrected chi connectivity index (χ1v) is 7.98. The van der Waals surface area contributed by atoms with E-state index in [0.717, 1.165) is 0 Å². The van der Waals surface area contributed by atoms with Crippen LogP contribution in [0, 0.1) is 11.8 Å². The molecule has 1 aromatic carbocycles. The fourth-order valence-corrected chi connectivity index (χ4v) is 3.62. The van der Waals surface area contributed by atoms with Crippen molar-refractivity contribution in [2.75, 3.05) is 40.0 Å². The van der Waals surface area contributed by atoms with Crippen LogP contribution in [0.15, 0.2) is 23.1 Å². The first-order chi connectivity index (χ1) is 10.1. The Morgan fingerprint density at radius 1 is 1.38 bits per heavy atom. The fourth-order valence-electron chi connectivity index (χ4n) is 2.04. The second-order valence-corrected chi connectivity index (χ2v) is 6.29. The summed E-state index contributed by atoms with van der Waals surface area (Å²) in [7, 11) is -2.18. The summed E-state index contributed by atoms with van der Waals surface area (Å²) in [6, 6.07) is 4.83. The van der Waals surface area contributed by atoms with E-state index in [0.29, 0.717) is 37.6 Å². The monoisotopic (exact) mass is 310 g/mol. The van der Waals surface area contributed by atoms with Crippen molar-refractivity contribution in [2.24, 2.45) is 5.73 Å². The molecule has 0 aromatic heterocycles. The number of benzene rings is 1. The minimum Gasteiger partial charge on any atom is -0.495 e. The standard InChI is InChI=1S/C14H18N2O4S/c1-19-13-5-4-12(3-2-6-15)11-14(13)21(17,18)16-7-9-20-10-8-16/h4-5,11H,6-10,15H2,1H3. The summed E-state index contributed by atoms with van der Waals surface area (Å²) in [6.45, 7) is 1.69. The second-order valence-electron chi connectivity index (χ2n) is 4.39. The lowest BCUT2D eigenvalue weighted by atomic mass is 10.2. The first-order valence-electron chi connectivity index (χ1n) is 6.54. The molecule has 21 heavy (non-hydrogen) atoms. The Bertz CT molecular complexity index is 655. The van der Waals surface area contributed by atoms with Gasteiger partial charge in [-0.05, 0) is 18.2 Å². The molecular formula is C14H18N2O4S. The molecule has 0 bridgehead atoms. The Morgan fingerprint density at radius 2 is 2.10 bits per heavy atom. The van der Waals surface area contributed by atoms with Crippen LogP contribution in [0.2, 0.25) is 0 Å². The van der Waals surface area contributed by atoms with E-state index in [1.807, 2.05) is 0 Å². The quantitative estimate of drug-likeness (QED) is 0.796. The molecule has 0 spiro atoms. The van der Waals surface area contributed by atoms with E-state index >= 15 is 0 Å². The third kappa shape index (κ3) is 3.54. The highest BCUT2D eigenvalue weighted by atomic mass is 32.2. The van der Waals surface area contributed by atoms with E-state index < -0.39 is 10.0 Å². The number of ether oxygens (including phenoxy) is 2. The Hall–Kier alpha value is -1.59. The molecule has 0 radical (unpaired) electrons. The van der Waals surface area contributed by atoms with Crippen molar-refractivity contribution < 1.29 is 17.9 Å². The Labute approximate surface area is 124 Å². The highest BCUT2D eigenvalue weighted by Gasteiger charge is 2.29. The highest BCUT2D eigenvalue weighted by molar-refractivity contribution is 7.89. The molecule has 1 aliphatic rings. The van der Waals surface area contributed by atoms with Crippen LogP contribution in [0.3, 0.4) is 0 Å². The van der Waals surface area contributed by atoms with Gasteiger partial charge in [0, 0.05) is 18.7 Å². The molecular weight excluding hydrogens is 292 g/mol. The first kappa shape index (κ1) is 15.8. The van der Waals surface area contributed by atoms with Gasteiger partial charge in [0.25, 0.3) is 0 Å². The summed E-state index contributed by atoms with van der Waals surface area (Å²) in [5, 5.41) is 0. The Balaban J connectivity index is 2.44. The predicted octanol–water partition coefficient (Wildman–Crippen LogP) is 0.0263. The minimum atomic E-state index is -3.62. The lowest BCUT2D eigenvalue weighted by Gasteiger charge is -2.26. The van der Waals surface area contributed by atoms with Gasteiger partial charge < -0.3 is 15.2 Å². The fraction of sp³-hybridized carbons (Fsp3) is 0.429. The summed E-state index contributed by atoms with van der Waals surface area (Å²) in [6.07, 6.45) is 0. The second kappa shape index (κ2) is 6.91. The normalized spacial score (nSPS) is 16.1. The number of hydrogen-bond donors (Lipinski definition) is 1. The van der Waals surface area contributed by atoms with Crippen molar-refractivity contribution in [3.05, 3.63) is 23.8 Å². The van der Waals surface area contributed by atoms with Crippen molar-refractivity contribution >= 4 is 10.0 Å². The average Bonchev–Trinajstić information content (AvgIpc) is 2.53. The van der Waals surface area contributed by atoms with Crippen molar-refractivity contribution in [1.29, 1.82) is 0 Å². The van der Waals surface area contributed by atoms with Gasteiger partial charge in [-0.1, -0.05) is 11.8 Å². The van der Waals surface area contributed by atoms with E-state index in [9.17, 15) is 8.42 Å². The van der Waals surface area contributed by atoms with Crippen LogP contribution in [0.5, 0.6) is 5.75 Å². The zero-order valence-electron chi connectivity index (χ0n) is 11.8. The van der Waals surface area contributed by atoms with E-state index in [2.05, 4.69) is 11.8 Å². The van der Waals surface area contributed by atoms with E-state index in [-0.39, 0.29) is 11.4 Å². The van der Waals surface area contributed by atoms with E-state index in [1.54, 1.807) is 12.1 Å². The minimum absolute atomic E-state index is 0.121. The Kier molecular flexibility index (Phi) is 5.20. The molecule has 1 aromatic rings. The van der Waals surface area contributed by atoms with Crippen LogP contribution in [0.25, 0.3) is 0 Å². The van der Waals surface area contributed by atoms with Crippen molar-refractivity contribution in [3.63, 3.8) is 0 Å². The van der Waals surface area contributed by atoms with Crippen LogP contribution in [0.1, 0.15) is 5.56 Å². The topological polar surface area (TPSA) is 81.9 Å². The maximum absolute atomic E-state index is 12.7. The number of hydrogen-bond acceptors (Lipinski definition) is 5. The molecule has 7 heteroatoms. The predicted molar refractivity (Wildman–Crippen MR) is 78.5 cm³/mol. The van der Waals surface area contributed by atoms with Gasteiger partial charge in [0.15, 0.2) is 0 Å². The van der Waals surface area contributed by atoms with E-state index in [1.165, 1.54) is 17.5 Å². The smallest absolute Gasteiger partial charge is 0.246 e. The van der Waals surface area contributed by atoms with Gasteiger partial charge in [0.1, 0.15) is 10.6 Å². The summed E-state index contributed by atoms with van der Waals surface area (Å²) >= 11 is 0. The van der Waals surface area contributed by atoms with Crippen LogP contribution >= 0.6 is 0 Å². The Morgan fingerprint density at radius 3 is 2.71 bits per heavy atom.